The fourth-order valence-electron chi connectivity index (χ4n) is 1.11. The number of hydrogen-bond donors (Lipinski definition) is 0. The van der Waals surface area contributed by atoms with Crippen LogP contribution in [0, 0.1) is 5.92 Å². The monoisotopic (exact) mass is 322 g/mol. The van der Waals surface area contributed by atoms with Crippen LogP contribution in [0.25, 0.3) is 0 Å². The summed E-state index contributed by atoms with van der Waals surface area (Å²) >= 11 is 2.28. The molecule has 0 N–H and O–H groups in total. The maximum absolute atomic E-state index is 11.6. The van der Waals surface area contributed by atoms with Crippen molar-refractivity contribution in [2.45, 2.75) is 32.5 Å². The van der Waals surface area contributed by atoms with Crippen molar-refractivity contribution in [3.05, 3.63) is 22.5 Å². The summed E-state index contributed by atoms with van der Waals surface area (Å²) < 4.78 is 6.32. The first-order chi connectivity index (χ1) is 8.19. The van der Waals surface area contributed by atoms with Gasteiger partial charge < -0.3 is 0 Å². The van der Waals surface area contributed by atoms with Crippen LogP contribution in [-0.2, 0) is 9.53 Å². The first-order valence-electron chi connectivity index (χ1n) is 5.87. The molecule has 0 radical (unpaired) electrons. The molecule has 0 spiro atoms. The Kier molecular flexibility index (Phi) is 10.8. The average molecular weight is 321 g/mol. The minimum atomic E-state index is -0.291. The summed E-state index contributed by atoms with van der Waals surface area (Å²) in [6, 6.07) is 0. The molecule has 0 rings (SSSR count). The van der Waals surface area contributed by atoms with Gasteiger partial charge in [0.05, 0.1) is 0 Å². The van der Waals surface area contributed by atoms with E-state index in [1.807, 2.05) is 24.8 Å². The topological polar surface area (TPSA) is 26.3 Å². The fraction of sp³-hybridized carbons (Fsp3) is 0.615. The Labute approximate surface area is 115 Å². The van der Waals surface area contributed by atoms with Crippen LogP contribution in [0.4, 0.5) is 0 Å². The van der Waals surface area contributed by atoms with E-state index in [1.165, 1.54) is 16.6 Å². The zero-order valence-electron chi connectivity index (χ0n) is 10.9. The predicted octanol–water partition coefficient (Wildman–Crippen LogP) is 3.48. The summed E-state index contributed by atoms with van der Waals surface area (Å²) in [5.74, 6) is 2.81. The van der Waals surface area contributed by atoms with Crippen LogP contribution in [0.15, 0.2) is 22.5 Å². The minimum absolute atomic E-state index is 0.194. The number of ether oxygens (including phenoxy) is 1. The molecule has 0 aliphatic rings. The van der Waals surface area contributed by atoms with E-state index in [9.17, 15) is 4.79 Å². The first kappa shape index (κ1) is 16.8. The molecule has 98 valence electrons. The number of esters is 1. The van der Waals surface area contributed by atoms with Crippen molar-refractivity contribution in [2.24, 2.45) is 5.92 Å². The average Bonchev–Trinajstić information content (AvgIpc) is 2.34. The standard InChI is InChI=1S/C13H22O2SSe/c1-5-8-9-16-12(17-4)10-11(6-2)13(14)15-7-3/h6,10-11H,2,5,7-9H2,1,3-4H3/b12-10+. The molecule has 0 aromatic heterocycles. The number of rotatable bonds is 9. The van der Waals surface area contributed by atoms with Crippen molar-refractivity contribution in [1.29, 1.82) is 0 Å². The van der Waals surface area contributed by atoms with Gasteiger partial charge in [0.15, 0.2) is 0 Å². The second-order valence-corrected chi connectivity index (χ2v) is 6.90. The molecule has 4 heteroatoms. The number of unbranched alkanes of at least 4 members (excludes halogenated alkanes) is 1. The third-order valence-corrected chi connectivity index (χ3v) is 5.72. The molecule has 0 fully saturated rings. The van der Waals surface area contributed by atoms with E-state index >= 15 is 0 Å². The summed E-state index contributed by atoms with van der Waals surface area (Å²) in [6.07, 6.45) is 6.09. The van der Waals surface area contributed by atoms with Gasteiger partial charge in [0.1, 0.15) is 0 Å². The van der Waals surface area contributed by atoms with E-state index in [0.29, 0.717) is 21.6 Å². The van der Waals surface area contributed by atoms with Crippen molar-refractivity contribution in [2.75, 3.05) is 12.4 Å². The number of carbonyl (C=O) groups excluding carboxylic acids is 1. The van der Waals surface area contributed by atoms with Crippen LogP contribution in [0.3, 0.4) is 0 Å². The van der Waals surface area contributed by atoms with Gasteiger partial charge in [-0.25, -0.2) is 0 Å². The van der Waals surface area contributed by atoms with E-state index < -0.39 is 0 Å². The normalized spacial score (nSPS) is 13.2. The van der Waals surface area contributed by atoms with E-state index in [1.54, 1.807) is 6.08 Å². The molecule has 0 heterocycles. The first-order valence-corrected chi connectivity index (χ1v) is 9.42. The summed E-state index contributed by atoms with van der Waals surface area (Å²) in [5, 5.41) is 0. The molecule has 0 saturated heterocycles. The molecule has 0 aromatic rings. The van der Waals surface area contributed by atoms with Gasteiger partial charge in [-0.05, 0) is 0 Å². The molecule has 0 saturated carbocycles. The third-order valence-electron chi connectivity index (χ3n) is 2.07. The van der Waals surface area contributed by atoms with Gasteiger partial charge in [0.2, 0.25) is 0 Å². The van der Waals surface area contributed by atoms with Gasteiger partial charge in [-0.15, -0.1) is 0 Å². The Morgan fingerprint density at radius 2 is 2.24 bits per heavy atom. The number of hydrogen-bond acceptors (Lipinski definition) is 3. The molecule has 0 aromatic carbocycles. The predicted molar refractivity (Wildman–Crippen MR) is 77.4 cm³/mol. The fourth-order valence-corrected chi connectivity index (χ4v) is 3.96. The summed E-state index contributed by atoms with van der Waals surface area (Å²) in [7, 11) is 0. The van der Waals surface area contributed by atoms with Crippen LogP contribution in [0.5, 0.6) is 0 Å². The van der Waals surface area contributed by atoms with Crippen LogP contribution < -0.4 is 0 Å². The van der Waals surface area contributed by atoms with Crippen molar-refractivity contribution in [3.8, 4) is 0 Å². The molecule has 0 amide bonds. The Bertz CT molecular complexity index is 264. The van der Waals surface area contributed by atoms with Gasteiger partial charge in [0, 0.05) is 0 Å². The summed E-state index contributed by atoms with van der Waals surface area (Å²) in [6.45, 7) is 8.13. The van der Waals surface area contributed by atoms with Crippen molar-refractivity contribution in [1.82, 2.24) is 0 Å². The molecule has 1 unspecified atom stereocenters. The van der Waals surface area contributed by atoms with Crippen molar-refractivity contribution >= 4 is 32.7 Å². The molecule has 0 bridgehead atoms. The molecule has 0 aliphatic carbocycles. The molecule has 0 aliphatic heterocycles. The molecular weight excluding hydrogens is 299 g/mol. The molecular formula is C13H22O2SSe. The Morgan fingerprint density at radius 1 is 1.53 bits per heavy atom. The number of thioether (sulfide) groups is 1. The van der Waals surface area contributed by atoms with Crippen LogP contribution in [-0.4, -0.2) is 33.3 Å². The van der Waals surface area contributed by atoms with Crippen molar-refractivity contribution < 1.29 is 9.53 Å². The molecule has 17 heavy (non-hydrogen) atoms. The van der Waals surface area contributed by atoms with Crippen LogP contribution >= 0.6 is 11.8 Å². The zero-order chi connectivity index (χ0) is 13.1. The van der Waals surface area contributed by atoms with Gasteiger partial charge in [-0.1, -0.05) is 0 Å². The Balaban J connectivity index is 4.42. The van der Waals surface area contributed by atoms with E-state index in [-0.39, 0.29) is 11.9 Å². The Hall–Kier alpha value is -0.181. The third kappa shape index (κ3) is 7.69. The SMILES string of the molecule is C=CC(/C=C(\SCCCC)[Se]C)C(=O)OCC. The number of carbonyl (C=O) groups is 1. The van der Waals surface area contributed by atoms with Crippen LogP contribution in [0.1, 0.15) is 26.7 Å². The molecule has 2 nitrogen and oxygen atoms in total. The quantitative estimate of drug-likeness (QED) is 0.281. The molecule has 1 atom stereocenters. The second-order valence-electron chi connectivity index (χ2n) is 3.41. The second kappa shape index (κ2) is 10.9. The van der Waals surface area contributed by atoms with Gasteiger partial charge in [-0.2, -0.15) is 0 Å². The summed E-state index contributed by atoms with van der Waals surface area (Å²) in [5.41, 5.74) is 0. The van der Waals surface area contributed by atoms with E-state index in [4.69, 9.17) is 4.74 Å². The van der Waals surface area contributed by atoms with Crippen molar-refractivity contribution in [3.63, 3.8) is 0 Å². The van der Waals surface area contributed by atoms with E-state index in [0.717, 1.165) is 5.75 Å². The van der Waals surface area contributed by atoms with E-state index in [2.05, 4.69) is 19.3 Å². The Morgan fingerprint density at radius 3 is 2.71 bits per heavy atom. The van der Waals surface area contributed by atoms with Gasteiger partial charge in [-0.3, -0.25) is 0 Å². The summed E-state index contributed by atoms with van der Waals surface area (Å²) in [4.78, 5) is 11.6. The van der Waals surface area contributed by atoms with Gasteiger partial charge in [0.25, 0.3) is 0 Å². The zero-order valence-corrected chi connectivity index (χ0v) is 13.4. The maximum atomic E-state index is 11.6. The van der Waals surface area contributed by atoms with Gasteiger partial charge >= 0.3 is 116 Å². The van der Waals surface area contributed by atoms with Crippen LogP contribution in [0.2, 0.25) is 5.82 Å².